The van der Waals surface area contributed by atoms with Crippen molar-refractivity contribution in [1.82, 2.24) is 4.98 Å². The molecule has 1 aliphatic rings. The second-order valence-corrected chi connectivity index (χ2v) is 9.80. The van der Waals surface area contributed by atoms with Crippen LogP contribution >= 0.6 is 11.6 Å². The number of halogens is 1. The van der Waals surface area contributed by atoms with E-state index in [9.17, 15) is 9.59 Å². The summed E-state index contributed by atoms with van der Waals surface area (Å²) in [5.74, 6) is 0.643. The maximum atomic E-state index is 13.9. The van der Waals surface area contributed by atoms with Crippen LogP contribution in [0.25, 0.3) is 11.0 Å². The zero-order valence-corrected chi connectivity index (χ0v) is 21.5. The van der Waals surface area contributed by atoms with Crippen LogP contribution in [-0.4, -0.2) is 10.9 Å². The molecule has 0 saturated heterocycles. The predicted octanol–water partition coefficient (Wildman–Crippen LogP) is 6.79. The molecule has 0 spiro atoms. The number of amides is 1. The first-order chi connectivity index (χ1) is 18.4. The first kappa shape index (κ1) is 23.9. The Morgan fingerprint density at radius 2 is 1.68 bits per heavy atom. The van der Waals surface area contributed by atoms with E-state index in [1.54, 1.807) is 18.2 Å². The molecule has 188 valence electrons. The lowest BCUT2D eigenvalue weighted by Gasteiger charge is -2.24. The number of ether oxygens (including phenoxy) is 1. The van der Waals surface area contributed by atoms with Gasteiger partial charge >= 0.3 is 0 Å². The van der Waals surface area contributed by atoms with E-state index in [1.165, 1.54) is 11.1 Å². The van der Waals surface area contributed by atoms with Crippen molar-refractivity contribution in [3.05, 3.63) is 134 Å². The molecule has 3 aromatic carbocycles. The van der Waals surface area contributed by atoms with Crippen molar-refractivity contribution in [1.29, 1.82) is 0 Å². The molecule has 0 N–H and O–H groups in total. The number of nitrogens with zero attached hydrogens (tertiary/aromatic N) is 2. The number of fused-ring (bicyclic) bond motifs is 2. The molecule has 0 saturated carbocycles. The fourth-order valence-corrected chi connectivity index (χ4v) is 4.89. The highest BCUT2D eigenvalue weighted by Gasteiger charge is 2.44. The van der Waals surface area contributed by atoms with Crippen LogP contribution in [0.15, 0.2) is 94.3 Å². The number of rotatable bonds is 5. The van der Waals surface area contributed by atoms with Crippen molar-refractivity contribution in [2.75, 3.05) is 4.90 Å². The molecule has 0 radical (unpaired) electrons. The standard InChI is InChI=1S/C31H23ClN2O4/c1-18-14-24-25(15-19(18)2)38-30-27(29(24)35)28(34(31(30)36)26-13-10-22(32)16-33-26)21-8-11-23(12-9-21)37-17-20-6-4-3-5-7-20/h3-16,28H,17H2,1-2H3. The number of carbonyl (C=O) groups excluding carboxylic acids is 1. The van der Waals surface area contributed by atoms with Gasteiger partial charge in [-0.3, -0.25) is 14.5 Å². The van der Waals surface area contributed by atoms with E-state index in [0.717, 1.165) is 22.3 Å². The number of aryl methyl sites for hydroxylation is 2. The average Bonchev–Trinajstić information content (AvgIpc) is 3.22. The third-order valence-electron chi connectivity index (χ3n) is 6.89. The number of pyridine rings is 1. The lowest BCUT2D eigenvalue weighted by atomic mass is 9.97. The second-order valence-electron chi connectivity index (χ2n) is 9.36. The number of anilines is 1. The van der Waals surface area contributed by atoms with Gasteiger partial charge in [-0.15, -0.1) is 0 Å². The van der Waals surface area contributed by atoms with Crippen LogP contribution in [0.5, 0.6) is 5.75 Å². The number of hydrogen-bond acceptors (Lipinski definition) is 5. The van der Waals surface area contributed by atoms with Gasteiger partial charge in [0.25, 0.3) is 5.91 Å². The highest BCUT2D eigenvalue weighted by molar-refractivity contribution is 6.30. The van der Waals surface area contributed by atoms with Gasteiger partial charge in [0.1, 0.15) is 23.8 Å². The van der Waals surface area contributed by atoms with Gasteiger partial charge in [0.2, 0.25) is 5.76 Å². The largest absolute Gasteiger partial charge is 0.489 e. The summed E-state index contributed by atoms with van der Waals surface area (Å²) in [5.41, 5.74) is 4.19. The van der Waals surface area contributed by atoms with Gasteiger partial charge in [0, 0.05) is 6.20 Å². The molecule has 1 unspecified atom stereocenters. The van der Waals surface area contributed by atoms with E-state index in [2.05, 4.69) is 4.98 Å². The van der Waals surface area contributed by atoms with Gasteiger partial charge < -0.3 is 9.15 Å². The van der Waals surface area contributed by atoms with E-state index < -0.39 is 11.9 Å². The van der Waals surface area contributed by atoms with Crippen LogP contribution in [0.2, 0.25) is 5.02 Å². The Kier molecular flexibility index (Phi) is 5.97. The smallest absolute Gasteiger partial charge is 0.296 e. The minimum atomic E-state index is -0.725. The van der Waals surface area contributed by atoms with E-state index in [4.69, 9.17) is 20.8 Å². The Balaban J connectivity index is 1.46. The third-order valence-corrected chi connectivity index (χ3v) is 7.11. The first-order valence-electron chi connectivity index (χ1n) is 12.2. The molecule has 6 rings (SSSR count). The molecule has 1 aliphatic heterocycles. The summed E-state index contributed by atoms with van der Waals surface area (Å²) in [6, 6.07) is 23.5. The van der Waals surface area contributed by atoms with Crippen LogP contribution < -0.4 is 15.1 Å². The van der Waals surface area contributed by atoms with Crippen molar-refractivity contribution in [2.45, 2.75) is 26.5 Å². The molecule has 5 aromatic rings. The van der Waals surface area contributed by atoms with Crippen molar-refractivity contribution < 1.29 is 13.9 Å². The summed E-state index contributed by atoms with van der Waals surface area (Å²) in [4.78, 5) is 33.5. The second kappa shape index (κ2) is 9.47. The monoisotopic (exact) mass is 522 g/mol. The Morgan fingerprint density at radius 3 is 2.39 bits per heavy atom. The molecule has 1 amide bonds. The first-order valence-corrected chi connectivity index (χ1v) is 12.6. The fraction of sp³-hybridized carbons (Fsp3) is 0.129. The normalized spacial score (nSPS) is 14.7. The topological polar surface area (TPSA) is 72.6 Å². The maximum Gasteiger partial charge on any atom is 0.296 e. The maximum absolute atomic E-state index is 13.9. The molecule has 0 fully saturated rings. The van der Waals surface area contributed by atoms with Gasteiger partial charge in [-0.05, 0) is 72.5 Å². The highest BCUT2D eigenvalue weighted by Crippen LogP contribution is 2.41. The zero-order valence-electron chi connectivity index (χ0n) is 20.8. The van der Waals surface area contributed by atoms with Gasteiger partial charge in [0.15, 0.2) is 5.43 Å². The van der Waals surface area contributed by atoms with Gasteiger partial charge in [-0.25, -0.2) is 4.98 Å². The quantitative estimate of drug-likeness (QED) is 0.254. The molecule has 0 aliphatic carbocycles. The lowest BCUT2D eigenvalue weighted by molar-refractivity contribution is 0.0970. The molecule has 7 heteroatoms. The summed E-state index contributed by atoms with van der Waals surface area (Å²) < 4.78 is 12.0. The van der Waals surface area contributed by atoms with E-state index in [1.807, 2.05) is 74.5 Å². The number of carbonyl (C=O) groups is 1. The Labute approximate surface area is 224 Å². The van der Waals surface area contributed by atoms with Gasteiger partial charge in [0.05, 0.1) is 22.0 Å². The minimum Gasteiger partial charge on any atom is -0.489 e. The van der Waals surface area contributed by atoms with Gasteiger partial charge in [-0.2, -0.15) is 0 Å². The Morgan fingerprint density at radius 1 is 0.947 bits per heavy atom. The summed E-state index contributed by atoms with van der Waals surface area (Å²) in [6.07, 6.45) is 1.48. The fourth-order valence-electron chi connectivity index (χ4n) is 4.78. The minimum absolute atomic E-state index is 0.0249. The Bertz CT molecular complexity index is 1730. The van der Waals surface area contributed by atoms with Crippen molar-refractivity contribution in [2.24, 2.45) is 0 Å². The number of hydrogen-bond donors (Lipinski definition) is 0. The van der Waals surface area contributed by atoms with Crippen LogP contribution in [-0.2, 0) is 6.61 Å². The molecule has 2 aromatic heterocycles. The molecular weight excluding hydrogens is 500 g/mol. The SMILES string of the molecule is Cc1cc2oc3c(c(=O)c2cc1C)C(c1ccc(OCc2ccccc2)cc1)N(c1ccc(Cl)cn1)C3=O. The van der Waals surface area contributed by atoms with Crippen LogP contribution in [0, 0.1) is 13.8 Å². The third kappa shape index (κ3) is 4.13. The molecule has 0 bridgehead atoms. The predicted molar refractivity (Wildman–Crippen MR) is 147 cm³/mol. The molecule has 6 nitrogen and oxygen atoms in total. The molecule has 1 atom stereocenters. The summed E-state index contributed by atoms with van der Waals surface area (Å²) in [6.45, 7) is 4.32. The van der Waals surface area contributed by atoms with Crippen molar-refractivity contribution in [3.63, 3.8) is 0 Å². The van der Waals surface area contributed by atoms with Crippen LogP contribution in [0.1, 0.15) is 44.4 Å². The van der Waals surface area contributed by atoms with E-state index >= 15 is 0 Å². The molecular formula is C31H23ClN2O4. The molecule has 38 heavy (non-hydrogen) atoms. The van der Waals surface area contributed by atoms with Crippen LogP contribution in [0.4, 0.5) is 5.82 Å². The Hall–Kier alpha value is -4.42. The number of benzene rings is 3. The molecule has 3 heterocycles. The average molecular weight is 523 g/mol. The van der Waals surface area contributed by atoms with Crippen molar-refractivity contribution in [3.8, 4) is 5.75 Å². The summed E-state index contributed by atoms with van der Waals surface area (Å²) >= 11 is 6.07. The zero-order chi connectivity index (χ0) is 26.4. The highest BCUT2D eigenvalue weighted by atomic mass is 35.5. The van der Waals surface area contributed by atoms with E-state index in [-0.39, 0.29) is 11.2 Å². The van der Waals surface area contributed by atoms with Crippen LogP contribution in [0.3, 0.4) is 0 Å². The summed E-state index contributed by atoms with van der Waals surface area (Å²) in [5, 5.41) is 0.888. The van der Waals surface area contributed by atoms with Crippen molar-refractivity contribution >= 4 is 34.3 Å². The number of aromatic nitrogens is 1. The van der Waals surface area contributed by atoms with E-state index in [0.29, 0.717) is 39.7 Å². The lowest BCUT2D eigenvalue weighted by Crippen LogP contribution is -2.30. The summed E-state index contributed by atoms with van der Waals surface area (Å²) in [7, 11) is 0. The van der Waals surface area contributed by atoms with Gasteiger partial charge in [-0.1, -0.05) is 54.1 Å².